The van der Waals surface area contributed by atoms with Crippen molar-refractivity contribution in [1.82, 2.24) is 4.31 Å². The topological polar surface area (TPSA) is 68.3 Å². The van der Waals surface area contributed by atoms with Gasteiger partial charge in [0.25, 0.3) is 0 Å². The zero-order valence-electron chi connectivity index (χ0n) is 13.8. The molecule has 0 spiro atoms. The van der Waals surface area contributed by atoms with Crippen molar-refractivity contribution in [2.75, 3.05) is 65.6 Å². The second kappa shape index (κ2) is 7.96. The number of hydrogen-bond donors (Lipinski definition) is 0. The third kappa shape index (κ3) is 4.14. The summed E-state index contributed by atoms with van der Waals surface area (Å²) in [5.41, 5.74) is 0.788. The predicted octanol–water partition coefficient (Wildman–Crippen LogP) is 0.799. The summed E-state index contributed by atoms with van der Waals surface area (Å²) in [5.74, 6) is 0.707. The molecule has 0 amide bonds. The fourth-order valence-electron chi connectivity index (χ4n) is 2.38. The van der Waals surface area contributed by atoms with Crippen molar-refractivity contribution in [3.8, 4) is 5.75 Å². The smallest absolute Gasteiger partial charge is 0.243 e. The predicted molar refractivity (Wildman–Crippen MR) is 87.7 cm³/mol. The molecule has 130 valence electrons. The summed E-state index contributed by atoms with van der Waals surface area (Å²) in [7, 11) is 1.41. The van der Waals surface area contributed by atoms with Gasteiger partial charge in [-0.25, -0.2) is 8.42 Å². The zero-order valence-corrected chi connectivity index (χ0v) is 14.6. The van der Waals surface area contributed by atoms with Crippen LogP contribution in [0.25, 0.3) is 0 Å². The van der Waals surface area contributed by atoms with Crippen molar-refractivity contribution < 1.29 is 22.6 Å². The number of benzene rings is 1. The Labute approximate surface area is 137 Å². The van der Waals surface area contributed by atoms with E-state index in [4.69, 9.17) is 14.2 Å². The normalized spacial score (nSPS) is 14.7. The van der Waals surface area contributed by atoms with Gasteiger partial charge in [0.1, 0.15) is 12.4 Å². The monoisotopic (exact) mass is 344 g/mol. The van der Waals surface area contributed by atoms with Crippen LogP contribution in [0.2, 0.25) is 0 Å². The molecule has 0 bridgehead atoms. The van der Waals surface area contributed by atoms with E-state index in [1.165, 1.54) is 4.31 Å². The van der Waals surface area contributed by atoms with Crippen LogP contribution in [-0.2, 0) is 19.5 Å². The summed E-state index contributed by atoms with van der Waals surface area (Å²) < 4.78 is 42.8. The molecule has 7 nitrogen and oxygen atoms in total. The van der Waals surface area contributed by atoms with E-state index in [-0.39, 0.29) is 18.0 Å². The van der Waals surface area contributed by atoms with Gasteiger partial charge >= 0.3 is 0 Å². The summed E-state index contributed by atoms with van der Waals surface area (Å²) in [6, 6.07) is 4.96. The maximum atomic E-state index is 12.9. The van der Waals surface area contributed by atoms with E-state index < -0.39 is 10.0 Å². The molecule has 0 unspecified atom stereocenters. The fourth-order valence-corrected chi connectivity index (χ4v) is 3.81. The van der Waals surface area contributed by atoms with Crippen LogP contribution < -0.4 is 9.64 Å². The highest BCUT2D eigenvalue weighted by atomic mass is 32.2. The number of anilines is 1. The van der Waals surface area contributed by atoms with Gasteiger partial charge in [-0.15, -0.1) is 0 Å². The van der Waals surface area contributed by atoms with Crippen LogP contribution in [0.3, 0.4) is 0 Å². The van der Waals surface area contributed by atoms with Gasteiger partial charge < -0.3 is 19.1 Å². The van der Waals surface area contributed by atoms with Crippen LogP contribution in [0.15, 0.2) is 23.1 Å². The molecule has 0 aliphatic carbocycles. The van der Waals surface area contributed by atoms with Gasteiger partial charge in [-0.05, 0) is 18.2 Å². The van der Waals surface area contributed by atoms with Gasteiger partial charge in [0.2, 0.25) is 10.0 Å². The summed E-state index contributed by atoms with van der Waals surface area (Å²) in [4.78, 5) is 2.24. The Morgan fingerprint density at radius 1 is 1.22 bits per heavy atom. The average molecular weight is 344 g/mol. The molecule has 1 aromatic rings. The van der Waals surface area contributed by atoms with E-state index >= 15 is 0 Å². The molecule has 23 heavy (non-hydrogen) atoms. The van der Waals surface area contributed by atoms with Crippen molar-refractivity contribution in [1.29, 1.82) is 0 Å². The Balaban J connectivity index is 2.30. The second-order valence-corrected chi connectivity index (χ2v) is 7.23. The SMILES string of the molecule is COCCN(CCOC)S(=O)(=O)c1ccc2c(c1)N(C)CCO2. The zero-order chi connectivity index (χ0) is 16.9. The largest absolute Gasteiger partial charge is 0.490 e. The minimum absolute atomic E-state index is 0.251. The minimum Gasteiger partial charge on any atom is -0.490 e. The van der Waals surface area contributed by atoms with Crippen LogP contribution >= 0.6 is 0 Å². The van der Waals surface area contributed by atoms with Gasteiger partial charge in [-0.2, -0.15) is 4.31 Å². The number of nitrogens with zero attached hydrogens (tertiary/aromatic N) is 2. The average Bonchev–Trinajstić information content (AvgIpc) is 2.55. The first-order chi connectivity index (χ1) is 11.0. The maximum absolute atomic E-state index is 12.9. The molecular weight excluding hydrogens is 320 g/mol. The first kappa shape index (κ1) is 18.0. The molecule has 1 aliphatic heterocycles. The van der Waals surface area contributed by atoms with Crippen molar-refractivity contribution in [3.63, 3.8) is 0 Å². The molecule has 1 aromatic carbocycles. The van der Waals surface area contributed by atoms with Crippen LogP contribution in [-0.4, -0.2) is 73.4 Å². The molecule has 0 aromatic heterocycles. The van der Waals surface area contributed by atoms with Gasteiger partial charge in [0.15, 0.2) is 0 Å². The van der Waals surface area contributed by atoms with E-state index in [0.717, 1.165) is 12.2 Å². The van der Waals surface area contributed by atoms with Gasteiger partial charge in [0, 0.05) is 34.4 Å². The van der Waals surface area contributed by atoms with E-state index in [0.29, 0.717) is 25.6 Å². The van der Waals surface area contributed by atoms with Crippen molar-refractivity contribution in [3.05, 3.63) is 18.2 Å². The van der Waals surface area contributed by atoms with E-state index in [1.54, 1.807) is 32.4 Å². The molecule has 0 N–H and O–H groups in total. The number of methoxy groups -OCH3 is 2. The lowest BCUT2D eigenvalue weighted by atomic mass is 10.2. The Morgan fingerprint density at radius 3 is 2.48 bits per heavy atom. The van der Waals surface area contributed by atoms with Crippen LogP contribution in [0, 0.1) is 0 Å². The fraction of sp³-hybridized carbons (Fsp3) is 0.600. The molecule has 0 fully saturated rings. The third-order valence-corrected chi connectivity index (χ3v) is 5.65. The molecule has 8 heteroatoms. The molecule has 1 aliphatic rings. The van der Waals surface area contributed by atoms with Crippen molar-refractivity contribution >= 4 is 15.7 Å². The standard InChI is InChI=1S/C15H24N2O5S/c1-16-6-11-22-15-5-4-13(12-14(15)16)23(18,19)17(7-9-20-2)8-10-21-3/h4-5,12H,6-11H2,1-3H3. The van der Waals surface area contributed by atoms with Crippen LogP contribution in [0.5, 0.6) is 5.75 Å². The van der Waals surface area contributed by atoms with Gasteiger partial charge in [0.05, 0.1) is 30.3 Å². The highest BCUT2D eigenvalue weighted by Crippen LogP contribution is 2.33. The molecule has 1 heterocycles. The molecule has 0 saturated heterocycles. The van der Waals surface area contributed by atoms with Gasteiger partial charge in [-0.1, -0.05) is 0 Å². The molecule has 0 saturated carbocycles. The molecule has 0 radical (unpaired) electrons. The second-order valence-electron chi connectivity index (χ2n) is 5.29. The summed E-state index contributed by atoms with van der Waals surface area (Å²) in [5, 5.41) is 0. The lowest BCUT2D eigenvalue weighted by Crippen LogP contribution is -2.36. The Bertz CT molecular complexity index is 612. The number of rotatable bonds is 8. The van der Waals surface area contributed by atoms with Crippen molar-refractivity contribution in [2.24, 2.45) is 0 Å². The van der Waals surface area contributed by atoms with E-state index in [9.17, 15) is 8.42 Å². The number of likely N-dealkylation sites (N-methyl/N-ethyl adjacent to an activating group) is 1. The van der Waals surface area contributed by atoms with E-state index in [1.807, 2.05) is 11.9 Å². The summed E-state index contributed by atoms with van der Waals surface area (Å²) in [6.45, 7) is 2.56. The van der Waals surface area contributed by atoms with Gasteiger partial charge in [-0.3, -0.25) is 0 Å². The Kier molecular flexibility index (Phi) is 6.23. The first-order valence-corrected chi connectivity index (χ1v) is 8.90. The molecule has 0 atom stereocenters. The van der Waals surface area contributed by atoms with Crippen molar-refractivity contribution in [2.45, 2.75) is 4.90 Å². The van der Waals surface area contributed by atoms with Crippen LogP contribution in [0.1, 0.15) is 0 Å². The Morgan fingerprint density at radius 2 is 1.87 bits per heavy atom. The minimum atomic E-state index is -3.61. The van der Waals surface area contributed by atoms with E-state index in [2.05, 4.69) is 0 Å². The summed E-state index contributed by atoms with van der Waals surface area (Å²) in [6.07, 6.45) is 0. The highest BCUT2D eigenvalue weighted by molar-refractivity contribution is 7.89. The Hall–Kier alpha value is -1.35. The summed E-state index contributed by atoms with van der Waals surface area (Å²) >= 11 is 0. The third-order valence-electron chi connectivity index (χ3n) is 3.75. The number of fused-ring (bicyclic) bond motifs is 1. The highest BCUT2D eigenvalue weighted by Gasteiger charge is 2.26. The molecule has 2 rings (SSSR count). The number of sulfonamides is 1. The lowest BCUT2D eigenvalue weighted by Gasteiger charge is -2.29. The number of ether oxygens (including phenoxy) is 3. The maximum Gasteiger partial charge on any atom is 0.243 e. The van der Waals surface area contributed by atoms with Crippen LogP contribution in [0.4, 0.5) is 5.69 Å². The quantitative estimate of drug-likeness (QED) is 0.695. The first-order valence-electron chi connectivity index (χ1n) is 7.46. The molecular formula is C15H24N2O5S. The lowest BCUT2D eigenvalue weighted by molar-refractivity contribution is 0.150. The number of hydrogen-bond acceptors (Lipinski definition) is 6.